The fourth-order valence-corrected chi connectivity index (χ4v) is 22.1. The number of nitro benzene ring substituents is 2. The van der Waals surface area contributed by atoms with Crippen molar-refractivity contribution in [2.75, 3.05) is 108 Å². The number of fused-ring (bicyclic) bond motifs is 4. The SMILES string of the molecule is CC1(C)CCC(CN2CCN(c3ccc(C(=O)NS(=O)(=O)c4cc5c(c([N+](=O)[O-])c4)C[C@H](CC4CCN(S(C)(=O)=O)CC4)CO5)c(Oc4cnc5[nH]ccc5c4)c3)CC2)=C(c2ccc(Cl)cc2)C1.Cc1ccc([C@H]2COc3cc(S(=O)(=O)NC(=O)c4ccc(N5CCN(CC6=C(c7ccc(Cl)cc7)CC(C)(C)CC6)CC5)cc4Oc4cnc5[nH]ccc5c4)cc([N+](=O)[O-])c3C2)nc1. The molecule has 2 atom stereocenters. The standard InChI is InChI=1S/C49H56ClN7O9S2.C48H48ClN7O7S/c1-49(2)14-10-36(43(28-49)34-4-6-37(50)7-5-34)30-54-18-20-55(21-19-54)38-8-9-41(46(25-38)66-39-24-35-11-15-51-47(35)52-29-39)48(58)53-68(63,64)40-26-44(57(59)60)42-23-33(31-65-45(42)27-40)22-32-12-16-56(17-13-32)67(3,61)62;1-30-4-11-42(51-26-30)34-21-40-43(56(58)59)23-38(24-44(40)62-29-34)64(60,61)53-47(57)39-10-9-36(22-45(39)63-37-20-32-13-15-50-46(32)52-27-37)55-18-16-54(17-19-55)28-33-12-14-48(2,3)25-41(33)31-5-7-35(49)8-6-31/h4-9,11,15,24-27,29,32-33H,10,12-14,16-23,28,30-31H2,1-3H3,(H,51,52)(H,53,58);4-11,13,15,20,22-24,26-27,34H,12,14,16-19,21,25,28-29H2,1-3H3,(H,50,52)(H,53,57)/t33-;34-/m01/s1. The first kappa shape index (κ1) is 92.0. The number of hydrogen-bond acceptors (Lipinski definition) is 23. The summed E-state index contributed by atoms with van der Waals surface area (Å²) in [6.07, 6.45) is 18.3. The summed E-state index contributed by atoms with van der Waals surface area (Å²) in [5.41, 5.74) is 12.7. The molecule has 0 radical (unpaired) electrons. The molecule has 11 aromatic rings. The van der Waals surface area contributed by atoms with Crippen LogP contribution >= 0.6 is 23.2 Å². The third-order valence-corrected chi connectivity index (χ3v) is 30.8. The van der Waals surface area contributed by atoms with Crippen molar-refractivity contribution in [3.63, 3.8) is 0 Å². The normalized spacial score (nSPS) is 18.7. The number of nitro groups is 2. The van der Waals surface area contributed by atoms with Gasteiger partial charge >= 0.3 is 0 Å². The molecule has 3 saturated heterocycles. The molecule has 30 nitrogen and oxygen atoms in total. The van der Waals surface area contributed by atoms with Crippen LogP contribution in [-0.2, 0) is 42.9 Å². The van der Waals surface area contributed by atoms with Gasteiger partial charge in [-0.1, -0.05) is 92.4 Å². The number of allylic oxidation sites excluding steroid dienone is 2. The number of sulfonamides is 3. The fourth-order valence-electron chi connectivity index (χ4n) is 19.0. The van der Waals surface area contributed by atoms with Gasteiger partial charge in [-0.15, -0.1) is 0 Å². The molecular weight excluding hydrogens is 1780 g/mol. The van der Waals surface area contributed by atoms with E-state index in [4.69, 9.17) is 42.1 Å². The number of piperazine rings is 2. The number of aromatic amines is 2. The molecule has 690 valence electrons. The first-order valence-electron chi connectivity index (χ1n) is 44.3. The smallest absolute Gasteiger partial charge is 0.277 e. The van der Waals surface area contributed by atoms with Gasteiger partial charge in [0.1, 0.15) is 45.8 Å². The zero-order valence-electron chi connectivity index (χ0n) is 74.1. The van der Waals surface area contributed by atoms with E-state index in [9.17, 15) is 55.1 Å². The Morgan fingerprint density at radius 1 is 0.538 bits per heavy atom. The molecule has 0 spiro atoms. The Bertz CT molecular complexity index is 6710. The van der Waals surface area contributed by atoms with Crippen molar-refractivity contribution in [3.8, 4) is 34.5 Å². The Balaban J connectivity index is 0.000000185. The number of amides is 2. The van der Waals surface area contributed by atoms with Crippen LogP contribution < -0.4 is 38.2 Å². The van der Waals surface area contributed by atoms with Gasteiger partial charge in [0, 0.05) is 177 Å². The molecule has 2 aliphatic carbocycles. The van der Waals surface area contributed by atoms with Crippen molar-refractivity contribution in [3.05, 3.63) is 263 Å². The summed E-state index contributed by atoms with van der Waals surface area (Å²) < 4.78 is 110. The van der Waals surface area contributed by atoms with Gasteiger partial charge in [0.25, 0.3) is 43.2 Å². The number of halogens is 2. The topological polar surface area (TPSA) is 370 Å². The summed E-state index contributed by atoms with van der Waals surface area (Å²) in [6.45, 7) is 20.2. The molecule has 7 aliphatic rings. The van der Waals surface area contributed by atoms with E-state index in [2.05, 4.69) is 106 Å². The molecule has 5 aromatic heterocycles. The van der Waals surface area contributed by atoms with E-state index in [1.165, 1.54) is 80.6 Å². The van der Waals surface area contributed by atoms with E-state index < -0.39 is 72.9 Å². The van der Waals surface area contributed by atoms with Crippen LogP contribution in [0.25, 0.3) is 33.2 Å². The number of pyridine rings is 3. The molecule has 5 aliphatic heterocycles. The Morgan fingerprint density at radius 2 is 0.992 bits per heavy atom. The van der Waals surface area contributed by atoms with E-state index in [0.717, 1.165) is 128 Å². The predicted octanol–water partition coefficient (Wildman–Crippen LogP) is 17.7. The molecule has 3 fully saturated rings. The van der Waals surface area contributed by atoms with Crippen molar-refractivity contribution in [1.29, 1.82) is 0 Å². The number of H-pyrrole nitrogens is 2. The van der Waals surface area contributed by atoms with Crippen LogP contribution in [0.4, 0.5) is 22.7 Å². The van der Waals surface area contributed by atoms with Crippen LogP contribution in [0.2, 0.25) is 10.0 Å². The molecule has 2 amide bonds. The Morgan fingerprint density at radius 3 is 1.43 bits per heavy atom. The molecule has 0 bridgehead atoms. The van der Waals surface area contributed by atoms with Crippen molar-refractivity contribution < 1.29 is 63.6 Å². The second-order valence-electron chi connectivity index (χ2n) is 37.0. The quantitative estimate of drug-likeness (QED) is 0.0322. The summed E-state index contributed by atoms with van der Waals surface area (Å²) in [4.78, 5) is 79.5. The highest BCUT2D eigenvalue weighted by Gasteiger charge is 2.39. The molecular formula is C97H104Cl2N14O16S3. The maximum atomic E-state index is 14.1. The number of anilines is 2. The summed E-state index contributed by atoms with van der Waals surface area (Å²) in [6, 6.07) is 41.7. The molecule has 18 rings (SSSR count). The maximum Gasteiger partial charge on any atom is 0.277 e. The number of nitrogens with zero attached hydrogens (tertiary/aromatic N) is 10. The van der Waals surface area contributed by atoms with Gasteiger partial charge in [0.15, 0.2) is 0 Å². The second-order valence-corrected chi connectivity index (χ2v) is 43.3. The number of aryl methyl sites for hydroxylation is 1. The molecule has 0 unspecified atom stereocenters. The van der Waals surface area contributed by atoms with Gasteiger partial charge in [-0.25, -0.2) is 49.0 Å². The number of carbonyl (C=O) groups excluding carboxylic acids is 2. The number of hydrogen-bond donors (Lipinski definition) is 4. The lowest BCUT2D eigenvalue weighted by molar-refractivity contribution is -0.386. The number of aromatic nitrogens is 5. The van der Waals surface area contributed by atoms with Crippen molar-refractivity contribution in [2.45, 2.75) is 121 Å². The molecule has 0 saturated carbocycles. The van der Waals surface area contributed by atoms with Crippen LogP contribution in [0.5, 0.6) is 34.5 Å². The monoisotopic (exact) mass is 1890 g/mol. The highest BCUT2D eigenvalue weighted by molar-refractivity contribution is 7.90. The van der Waals surface area contributed by atoms with Crippen LogP contribution in [0, 0.1) is 49.8 Å². The number of piperidine rings is 1. The lowest BCUT2D eigenvalue weighted by Crippen LogP contribution is -2.47. The number of ether oxygens (including phenoxy) is 4. The Hall–Kier alpha value is -11.8. The number of nitrogens with one attached hydrogen (secondary N) is 4. The summed E-state index contributed by atoms with van der Waals surface area (Å²) in [5, 5.41) is 27.8. The fraction of sp³-hybridized carbons (Fsp3) is 0.371. The predicted molar refractivity (Wildman–Crippen MR) is 507 cm³/mol. The average molecular weight is 1890 g/mol. The number of benzene rings is 6. The lowest BCUT2D eigenvalue weighted by atomic mass is 9.72. The van der Waals surface area contributed by atoms with Crippen LogP contribution in [0.3, 0.4) is 0 Å². The van der Waals surface area contributed by atoms with Crippen LogP contribution in [-0.4, -0.2) is 184 Å². The van der Waals surface area contributed by atoms with E-state index >= 15 is 0 Å². The van der Waals surface area contributed by atoms with Crippen LogP contribution in [0.15, 0.2) is 198 Å². The molecule has 35 heteroatoms. The summed E-state index contributed by atoms with van der Waals surface area (Å²) in [7, 11) is -12.6. The van der Waals surface area contributed by atoms with Gasteiger partial charge < -0.3 is 38.7 Å². The van der Waals surface area contributed by atoms with Gasteiger partial charge in [0.05, 0.1) is 73.8 Å². The maximum absolute atomic E-state index is 14.1. The zero-order valence-corrected chi connectivity index (χ0v) is 78.1. The molecule has 4 N–H and O–H groups in total. The van der Waals surface area contributed by atoms with Crippen molar-refractivity contribution >= 4 is 121 Å². The summed E-state index contributed by atoms with van der Waals surface area (Å²) >= 11 is 12.5. The highest BCUT2D eigenvalue weighted by atomic mass is 35.5. The largest absolute Gasteiger partial charge is 0.493 e. The van der Waals surface area contributed by atoms with E-state index in [-0.39, 0.29) is 99.9 Å². The molecule has 6 aromatic carbocycles. The third-order valence-electron chi connectivity index (χ3n) is 26.4. The zero-order chi connectivity index (χ0) is 92.7. The second kappa shape index (κ2) is 38.0. The minimum Gasteiger partial charge on any atom is -0.493 e. The van der Waals surface area contributed by atoms with E-state index in [1.54, 1.807) is 55.0 Å². The molecule has 10 heterocycles. The highest BCUT2D eigenvalue weighted by Crippen LogP contribution is 2.48. The Labute approximate surface area is 776 Å². The first-order chi connectivity index (χ1) is 63.0. The van der Waals surface area contributed by atoms with Gasteiger partial charge in [-0.2, -0.15) is 0 Å². The Kier molecular flexibility index (Phi) is 26.5. The minimum absolute atomic E-state index is 0.0563. The van der Waals surface area contributed by atoms with Crippen molar-refractivity contribution in [1.82, 2.24) is 48.5 Å². The van der Waals surface area contributed by atoms with Gasteiger partial charge in [0.2, 0.25) is 10.0 Å². The first-order valence-corrected chi connectivity index (χ1v) is 49.9. The van der Waals surface area contributed by atoms with Crippen LogP contribution in [0.1, 0.15) is 146 Å². The molecule has 132 heavy (non-hydrogen) atoms. The number of carbonyl (C=O) groups is 2. The third kappa shape index (κ3) is 21.3. The van der Waals surface area contributed by atoms with Gasteiger partial charge in [-0.05, 0) is 207 Å². The van der Waals surface area contributed by atoms with Gasteiger partial charge in [-0.3, -0.25) is 44.6 Å². The van der Waals surface area contributed by atoms with E-state index in [0.29, 0.717) is 87.0 Å². The summed E-state index contributed by atoms with van der Waals surface area (Å²) in [5.74, 6) is -1.09. The average Bonchev–Trinajstić information content (AvgIpc) is 0.895. The minimum atomic E-state index is -4.68. The lowest BCUT2D eigenvalue weighted by Gasteiger charge is -2.39. The van der Waals surface area contributed by atoms with E-state index in [1.807, 2.05) is 55.5 Å². The van der Waals surface area contributed by atoms with Crippen molar-refractivity contribution in [2.24, 2.45) is 22.7 Å². The number of rotatable bonds is 24.